The Morgan fingerprint density at radius 3 is 2.15 bits per heavy atom. The molecule has 0 unspecified atom stereocenters. The van der Waals surface area contributed by atoms with Crippen LogP contribution < -0.4 is 5.32 Å². The molecule has 1 N–H and O–H groups in total. The molecule has 0 atom stereocenters. The first-order valence-corrected chi connectivity index (χ1v) is 7.98. The van der Waals surface area contributed by atoms with Gasteiger partial charge < -0.3 is 5.32 Å². The normalized spacial score (nSPS) is 11.1. The Morgan fingerprint density at radius 1 is 1.00 bits per heavy atom. The molecule has 0 spiro atoms. The molecule has 0 saturated heterocycles. The number of para-hydroxylation sites is 1. The van der Waals surface area contributed by atoms with Crippen LogP contribution in [-0.4, -0.2) is 27.0 Å². The summed E-state index contributed by atoms with van der Waals surface area (Å²) < 4.78 is 22.7. The van der Waals surface area contributed by atoms with Crippen LogP contribution in [0.1, 0.15) is 10.4 Å². The van der Waals surface area contributed by atoms with E-state index in [1.165, 1.54) is 24.3 Å². The number of Topliss-reactive ketones (excluding diaryl/α,β-unsaturated/α-hetero) is 1. The van der Waals surface area contributed by atoms with E-state index >= 15 is 0 Å². The van der Waals surface area contributed by atoms with E-state index in [1.807, 2.05) is 30.3 Å². The number of nitrogens with one attached hydrogen (secondary N) is 1. The van der Waals surface area contributed by atoms with E-state index < -0.39 is 9.84 Å². The minimum absolute atomic E-state index is 0.0890. The number of hydrogen-bond donors (Lipinski definition) is 1. The molecule has 0 heterocycles. The fraction of sp³-hybridized carbons (Fsp3) is 0.133. The molecular weight excluding hydrogens is 274 g/mol. The fourth-order valence-electron chi connectivity index (χ4n) is 1.73. The molecule has 2 rings (SSSR count). The van der Waals surface area contributed by atoms with Crippen molar-refractivity contribution < 1.29 is 13.2 Å². The first kappa shape index (κ1) is 14.3. The highest BCUT2D eigenvalue weighted by atomic mass is 32.2. The lowest BCUT2D eigenvalue weighted by atomic mass is 10.1. The highest BCUT2D eigenvalue weighted by Crippen LogP contribution is 2.11. The molecule has 104 valence electrons. The van der Waals surface area contributed by atoms with Crippen molar-refractivity contribution in [2.24, 2.45) is 0 Å². The number of sulfone groups is 1. The van der Waals surface area contributed by atoms with Gasteiger partial charge in [-0.25, -0.2) is 8.42 Å². The van der Waals surface area contributed by atoms with Gasteiger partial charge in [0.25, 0.3) is 0 Å². The van der Waals surface area contributed by atoms with E-state index in [0.29, 0.717) is 5.56 Å². The van der Waals surface area contributed by atoms with Gasteiger partial charge in [-0.05, 0) is 24.3 Å². The fourth-order valence-corrected chi connectivity index (χ4v) is 2.36. The second-order valence-electron chi connectivity index (χ2n) is 4.44. The van der Waals surface area contributed by atoms with Crippen LogP contribution >= 0.6 is 0 Å². The van der Waals surface area contributed by atoms with Crippen molar-refractivity contribution in [1.29, 1.82) is 0 Å². The summed E-state index contributed by atoms with van der Waals surface area (Å²) in [6, 6.07) is 15.4. The van der Waals surface area contributed by atoms with Crippen LogP contribution in [0.3, 0.4) is 0 Å². The van der Waals surface area contributed by atoms with Crippen LogP contribution in [0, 0.1) is 0 Å². The van der Waals surface area contributed by atoms with Crippen molar-refractivity contribution in [1.82, 2.24) is 0 Å². The Labute approximate surface area is 118 Å². The summed E-state index contributed by atoms with van der Waals surface area (Å²) >= 11 is 0. The molecule has 5 heteroatoms. The van der Waals surface area contributed by atoms with Gasteiger partial charge in [-0.2, -0.15) is 0 Å². The number of ketones is 1. The van der Waals surface area contributed by atoms with Crippen molar-refractivity contribution in [2.75, 3.05) is 18.1 Å². The summed E-state index contributed by atoms with van der Waals surface area (Å²) in [7, 11) is -3.23. The summed E-state index contributed by atoms with van der Waals surface area (Å²) in [5.74, 6) is -0.0890. The van der Waals surface area contributed by atoms with E-state index in [2.05, 4.69) is 5.32 Å². The lowest BCUT2D eigenvalue weighted by Gasteiger charge is -2.06. The van der Waals surface area contributed by atoms with Crippen LogP contribution in [0.25, 0.3) is 0 Å². The lowest BCUT2D eigenvalue weighted by Crippen LogP contribution is -2.14. The maximum atomic E-state index is 12.0. The molecule has 4 nitrogen and oxygen atoms in total. The molecule has 0 aliphatic carbocycles. The second kappa shape index (κ2) is 5.88. The third kappa shape index (κ3) is 3.68. The molecule has 2 aromatic carbocycles. The van der Waals surface area contributed by atoms with Gasteiger partial charge in [0.15, 0.2) is 15.6 Å². The summed E-state index contributed by atoms with van der Waals surface area (Å²) in [6.07, 6.45) is 1.14. The van der Waals surface area contributed by atoms with Crippen LogP contribution in [-0.2, 0) is 9.84 Å². The second-order valence-corrected chi connectivity index (χ2v) is 6.46. The van der Waals surface area contributed by atoms with Gasteiger partial charge in [-0.1, -0.05) is 30.3 Å². The number of carbonyl (C=O) groups excluding carboxylic acids is 1. The highest BCUT2D eigenvalue weighted by Gasteiger charge is 2.09. The summed E-state index contributed by atoms with van der Waals surface area (Å²) in [6.45, 7) is 0.169. The molecule has 2 aromatic rings. The summed E-state index contributed by atoms with van der Waals surface area (Å²) in [5, 5.41) is 3.02. The SMILES string of the molecule is CS(=O)(=O)c1ccc(C(=O)CNc2ccccc2)cc1. The zero-order valence-corrected chi connectivity index (χ0v) is 11.9. The molecule has 0 amide bonds. The van der Waals surface area contributed by atoms with Crippen molar-refractivity contribution in [3.63, 3.8) is 0 Å². The topological polar surface area (TPSA) is 63.2 Å². The molecule has 0 aromatic heterocycles. The van der Waals surface area contributed by atoms with Gasteiger partial charge in [0.1, 0.15) is 0 Å². The monoisotopic (exact) mass is 289 g/mol. The van der Waals surface area contributed by atoms with Gasteiger partial charge in [0.05, 0.1) is 11.4 Å². The van der Waals surface area contributed by atoms with Gasteiger partial charge in [-0.15, -0.1) is 0 Å². The van der Waals surface area contributed by atoms with Crippen LogP contribution in [0.2, 0.25) is 0 Å². The van der Waals surface area contributed by atoms with Crippen molar-refractivity contribution >= 4 is 21.3 Å². The molecular formula is C15H15NO3S. The first-order chi connectivity index (χ1) is 9.47. The average Bonchev–Trinajstić information content (AvgIpc) is 2.45. The molecule has 0 fully saturated rings. The molecule has 20 heavy (non-hydrogen) atoms. The van der Waals surface area contributed by atoms with Gasteiger partial charge in [0.2, 0.25) is 0 Å². The zero-order chi connectivity index (χ0) is 14.6. The minimum Gasteiger partial charge on any atom is -0.378 e. The molecule has 0 aliphatic rings. The minimum atomic E-state index is -3.23. The van der Waals surface area contributed by atoms with Gasteiger partial charge in [-0.3, -0.25) is 4.79 Å². The quantitative estimate of drug-likeness (QED) is 0.858. The summed E-state index contributed by atoms with van der Waals surface area (Å²) in [5.41, 5.74) is 1.36. The van der Waals surface area contributed by atoms with E-state index in [9.17, 15) is 13.2 Å². The van der Waals surface area contributed by atoms with E-state index in [1.54, 1.807) is 0 Å². The highest BCUT2D eigenvalue weighted by molar-refractivity contribution is 7.90. The van der Waals surface area contributed by atoms with E-state index in [4.69, 9.17) is 0 Å². The number of hydrogen-bond acceptors (Lipinski definition) is 4. The van der Waals surface area contributed by atoms with E-state index in [0.717, 1.165) is 11.9 Å². The summed E-state index contributed by atoms with van der Waals surface area (Å²) in [4.78, 5) is 12.2. The Hall–Kier alpha value is -2.14. The maximum Gasteiger partial charge on any atom is 0.181 e. The third-order valence-electron chi connectivity index (χ3n) is 2.83. The average molecular weight is 289 g/mol. The smallest absolute Gasteiger partial charge is 0.181 e. The maximum absolute atomic E-state index is 12.0. The van der Waals surface area contributed by atoms with Crippen molar-refractivity contribution in [3.05, 3.63) is 60.2 Å². The number of anilines is 1. The zero-order valence-electron chi connectivity index (χ0n) is 11.0. The molecule has 0 radical (unpaired) electrons. The molecule has 0 saturated carbocycles. The van der Waals surface area contributed by atoms with Crippen LogP contribution in [0.5, 0.6) is 0 Å². The Bertz CT molecular complexity index is 692. The standard InChI is InChI=1S/C15H15NO3S/c1-20(18,19)14-9-7-12(8-10-14)15(17)11-16-13-5-3-2-4-6-13/h2-10,16H,11H2,1H3. The van der Waals surface area contributed by atoms with Gasteiger partial charge >= 0.3 is 0 Å². The Kier molecular flexibility index (Phi) is 4.20. The molecule has 0 bridgehead atoms. The van der Waals surface area contributed by atoms with Gasteiger partial charge in [0, 0.05) is 17.5 Å². The lowest BCUT2D eigenvalue weighted by molar-refractivity contribution is 0.101. The predicted molar refractivity (Wildman–Crippen MR) is 78.8 cm³/mol. The number of rotatable bonds is 5. The van der Waals surface area contributed by atoms with Crippen LogP contribution in [0.15, 0.2) is 59.5 Å². The Morgan fingerprint density at radius 2 is 1.60 bits per heavy atom. The van der Waals surface area contributed by atoms with Crippen molar-refractivity contribution in [3.8, 4) is 0 Å². The molecule has 0 aliphatic heterocycles. The number of benzene rings is 2. The Balaban J connectivity index is 2.03. The number of carbonyl (C=O) groups is 1. The first-order valence-electron chi connectivity index (χ1n) is 6.09. The van der Waals surface area contributed by atoms with Crippen molar-refractivity contribution in [2.45, 2.75) is 4.90 Å². The van der Waals surface area contributed by atoms with E-state index in [-0.39, 0.29) is 17.2 Å². The predicted octanol–water partition coefficient (Wildman–Crippen LogP) is 2.38. The largest absolute Gasteiger partial charge is 0.378 e. The van der Waals surface area contributed by atoms with Crippen LogP contribution in [0.4, 0.5) is 5.69 Å². The third-order valence-corrected chi connectivity index (χ3v) is 3.96.